The average molecular weight is 411 g/mol. The van der Waals surface area contributed by atoms with E-state index in [9.17, 15) is 0 Å². The van der Waals surface area contributed by atoms with Crippen LogP contribution in [0.25, 0.3) is 5.69 Å². The van der Waals surface area contributed by atoms with Crippen molar-refractivity contribution >= 4 is 23.6 Å². The second-order valence-electron chi connectivity index (χ2n) is 6.98. The largest absolute Gasteiger partial charge is 0.437 e. The van der Waals surface area contributed by atoms with E-state index in [4.69, 9.17) is 21.1 Å². The van der Waals surface area contributed by atoms with Crippen LogP contribution in [0.15, 0.2) is 53.7 Å². The number of ether oxygens (including phenoxy) is 2. The van der Waals surface area contributed by atoms with Crippen molar-refractivity contribution in [2.45, 2.75) is 13.8 Å². The lowest BCUT2D eigenvalue weighted by Crippen LogP contribution is -2.35. The van der Waals surface area contributed by atoms with Crippen LogP contribution in [0.5, 0.6) is 11.6 Å². The van der Waals surface area contributed by atoms with Crippen molar-refractivity contribution in [2.24, 2.45) is 4.99 Å². The fourth-order valence-electron chi connectivity index (χ4n) is 3.10. The third-order valence-corrected chi connectivity index (χ3v) is 4.99. The van der Waals surface area contributed by atoms with Crippen LogP contribution in [0.4, 0.5) is 5.69 Å². The van der Waals surface area contributed by atoms with E-state index in [1.54, 1.807) is 4.68 Å². The molecule has 7 heteroatoms. The molecule has 0 unspecified atom stereocenters. The predicted molar refractivity (Wildman–Crippen MR) is 115 cm³/mol. The van der Waals surface area contributed by atoms with Gasteiger partial charge in [0, 0.05) is 30.4 Å². The molecule has 1 saturated heterocycles. The Hall–Kier alpha value is -2.83. The third kappa shape index (κ3) is 4.78. The van der Waals surface area contributed by atoms with Crippen molar-refractivity contribution in [3.05, 3.63) is 64.8 Å². The predicted octanol–water partition coefficient (Wildman–Crippen LogP) is 4.93. The van der Waals surface area contributed by atoms with Gasteiger partial charge in [-0.2, -0.15) is 0 Å². The van der Waals surface area contributed by atoms with Crippen molar-refractivity contribution in [2.75, 3.05) is 26.3 Å². The second-order valence-corrected chi connectivity index (χ2v) is 7.41. The lowest BCUT2D eigenvalue weighted by Gasteiger charge is -2.24. The number of nitrogens with zero attached hydrogens (tertiary/aromatic N) is 4. The highest BCUT2D eigenvalue weighted by atomic mass is 35.5. The lowest BCUT2D eigenvalue weighted by atomic mass is 10.1. The minimum Gasteiger partial charge on any atom is -0.437 e. The Labute approximate surface area is 175 Å². The second kappa shape index (κ2) is 8.68. The van der Waals surface area contributed by atoms with Crippen LogP contribution < -0.4 is 4.74 Å². The molecule has 0 aliphatic carbocycles. The Balaban J connectivity index is 1.49. The summed E-state index contributed by atoms with van der Waals surface area (Å²) in [5, 5.41) is 5.16. The van der Waals surface area contributed by atoms with Crippen molar-refractivity contribution in [1.82, 2.24) is 14.7 Å². The van der Waals surface area contributed by atoms with Crippen LogP contribution in [-0.4, -0.2) is 47.3 Å². The molecular weight excluding hydrogens is 388 g/mol. The molecule has 6 nitrogen and oxygen atoms in total. The van der Waals surface area contributed by atoms with Gasteiger partial charge in [0.1, 0.15) is 5.75 Å². The molecule has 4 rings (SSSR count). The van der Waals surface area contributed by atoms with Crippen LogP contribution in [0.2, 0.25) is 5.02 Å². The summed E-state index contributed by atoms with van der Waals surface area (Å²) in [6, 6.07) is 13.4. The summed E-state index contributed by atoms with van der Waals surface area (Å²) >= 11 is 6.07. The first-order valence-corrected chi connectivity index (χ1v) is 9.93. The van der Waals surface area contributed by atoms with E-state index in [0.717, 1.165) is 54.6 Å². The molecule has 29 heavy (non-hydrogen) atoms. The molecule has 0 N–H and O–H groups in total. The van der Waals surface area contributed by atoms with E-state index in [1.807, 2.05) is 68.8 Å². The standard InChI is InChI=1S/C22H23ClN4O2/c1-16-13-21(17(2)12-20(16)24-15-26-8-10-28-11-9-26)29-22-6-7-27(25-22)19-5-3-4-18(23)14-19/h3-7,12-15H,8-11H2,1-2H3. The number of halogens is 1. The maximum atomic E-state index is 6.07. The minimum absolute atomic E-state index is 0.525. The summed E-state index contributed by atoms with van der Waals surface area (Å²) in [7, 11) is 0. The zero-order valence-corrected chi connectivity index (χ0v) is 17.3. The summed E-state index contributed by atoms with van der Waals surface area (Å²) < 4.78 is 13.1. The number of hydrogen-bond donors (Lipinski definition) is 0. The normalized spacial score (nSPS) is 14.5. The SMILES string of the molecule is Cc1cc(Oc2ccn(-c3cccc(Cl)c3)n2)c(C)cc1N=CN1CCOCC1. The quantitative estimate of drug-likeness (QED) is 0.442. The first-order valence-electron chi connectivity index (χ1n) is 9.55. The molecule has 3 aromatic rings. The summed E-state index contributed by atoms with van der Waals surface area (Å²) in [6.07, 6.45) is 3.75. The van der Waals surface area contributed by atoms with Crippen LogP contribution in [-0.2, 0) is 4.74 Å². The van der Waals surface area contributed by atoms with Gasteiger partial charge in [-0.25, -0.2) is 9.67 Å². The number of rotatable bonds is 5. The van der Waals surface area contributed by atoms with E-state index >= 15 is 0 Å². The minimum atomic E-state index is 0.525. The van der Waals surface area contributed by atoms with Gasteiger partial charge < -0.3 is 14.4 Å². The van der Waals surface area contributed by atoms with Gasteiger partial charge in [-0.15, -0.1) is 5.10 Å². The van der Waals surface area contributed by atoms with Gasteiger partial charge in [0.2, 0.25) is 5.88 Å². The molecule has 0 atom stereocenters. The molecule has 0 amide bonds. The molecule has 150 valence electrons. The van der Waals surface area contributed by atoms with Gasteiger partial charge in [-0.05, 0) is 55.3 Å². The number of aryl methyl sites for hydroxylation is 2. The van der Waals surface area contributed by atoms with Gasteiger partial charge in [0.05, 0.1) is 30.9 Å². The van der Waals surface area contributed by atoms with Crippen molar-refractivity contribution in [3.8, 4) is 17.3 Å². The first-order chi connectivity index (χ1) is 14.1. The summed E-state index contributed by atoms with van der Waals surface area (Å²) in [6.45, 7) is 7.28. The molecule has 0 saturated carbocycles. The Bertz CT molecular complexity index is 1030. The topological polar surface area (TPSA) is 51.9 Å². The Kier molecular flexibility index (Phi) is 5.83. The molecule has 0 bridgehead atoms. The van der Waals surface area contributed by atoms with Crippen LogP contribution in [0.1, 0.15) is 11.1 Å². The number of hydrogen-bond acceptors (Lipinski definition) is 4. The lowest BCUT2D eigenvalue weighted by molar-refractivity contribution is 0.0701. The Morgan fingerprint density at radius 2 is 1.93 bits per heavy atom. The smallest absolute Gasteiger partial charge is 0.238 e. The summed E-state index contributed by atoms with van der Waals surface area (Å²) in [5.74, 6) is 1.29. The molecule has 1 aliphatic rings. The van der Waals surface area contributed by atoms with Gasteiger partial charge in [-0.3, -0.25) is 0 Å². The molecular formula is C22H23ClN4O2. The highest BCUT2D eigenvalue weighted by Crippen LogP contribution is 2.31. The zero-order chi connectivity index (χ0) is 20.2. The molecule has 0 radical (unpaired) electrons. The van der Waals surface area contributed by atoms with E-state index < -0.39 is 0 Å². The molecule has 1 aromatic heterocycles. The zero-order valence-electron chi connectivity index (χ0n) is 16.5. The maximum absolute atomic E-state index is 6.07. The maximum Gasteiger partial charge on any atom is 0.238 e. The van der Waals surface area contributed by atoms with Crippen LogP contribution in [0.3, 0.4) is 0 Å². The monoisotopic (exact) mass is 410 g/mol. The fourth-order valence-corrected chi connectivity index (χ4v) is 3.28. The first kappa shape index (κ1) is 19.5. The van der Waals surface area contributed by atoms with Crippen LogP contribution >= 0.6 is 11.6 Å². The van der Waals surface area contributed by atoms with Crippen LogP contribution in [0, 0.1) is 13.8 Å². The number of aliphatic imine (C=N–C) groups is 1. The van der Waals surface area contributed by atoms with Gasteiger partial charge in [0.25, 0.3) is 0 Å². The van der Waals surface area contributed by atoms with E-state index in [2.05, 4.69) is 15.0 Å². The van der Waals surface area contributed by atoms with E-state index in [1.165, 1.54) is 0 Å². The summed E-state index contributed by atoms with van der Waals surface area (Å²) in [4.78, 5) is 6.82. The summed E-state index contributed by atoms with van der Waals surface area (Å²) in [5.41, 5.74) is 3.87. The number of benzene rings is 2. The number of aromatic nitrogens is 2. The Morgan fingerprint density at radius 3 is 2.72 bits per heavy atom. The van der Waals surface area contributed by atoms with E-state index in [-0.39, 0.29) is 0 Å². The molecule has 1 aliphatic heterocycles. The Morgan fingerprint density at radius 1 is 1.10 bits per heavy atom. The highest BCUT2D eigenvalue weighted by Gasteiger charge is 2.10. The van der Waals surface area contributed by atoms with Crippen molar-refractivity contribution in [1.29, 1.82) is 0 Å². The van der Waals surface area contributed by atoms with Crippen molar-refractivity contribution < 1.29 is 9.47 Å². The molecule has 1 fully saturated rings. The number of morpholine rings is 1. The van der Waals surface area contributed by atoms with Crippen molar-refractivity contribution in [3.63, 3.8) is 0 Å². The molecule has 2 heterocycles. The molecule has 2 aromatic carbocycles. The van der Waals surface area contributed by atoms with Gasteiger partial charge >= 0.3 is 0 Å². The third-order valence-electron chi connectivity index (χ3n) is 4.75. The highest BCUT2D eigenvalue weighted by molar-refractivity contribution is 6.30. The fraction of sp³-hybridized carbons (Fsp3) is 0.273. The van der Waals surface area contributed by atoms with Gasteiger partial charge in [-0.1, -0.05) is 17.7 Å². The van der Waals surface area contributed by atoms with Gasteiger partial charge in [0.15, 0.2) is 0 Å². The average Bonchev–Trinajstić information content (AvgIpc) is 3.19. The molecule has 0 spiro atoms. The van der Waals surface area contributed by atoms with E-state index in [0.29, 0.717) is 10.9 Å².